The van der Waals surface area contributed by atoms with Gasteiger partial charge >= 0.3 is 0 Å². The third-order valence-electron chi connectivity index (χ3n) is 4.16. The summed E-state index contributed by atoms with van der Waals surface area (Å²) in [4.78, 5) is 17.9. The molecule has 1 aromatic carbocycles. The Morgan fingerprint density at radius 3 is 2.72 bits per heavy atom. The molecule has 1 amide bonds. The van der Waals surface area contributed by atoms with Crippen molar-refractivity contribution in [1.82, 2.24) is 15.5 Å². The molecule has 7 heteroatoms. The van der Waals surface area contributed by atoms with Gasteiger partial charge < -0.3 is 20.9 Å². The number of benzene rings is 1. The van der Waals surface area contributed by atoms with Crippen molar-refractivity contribution in [1.29, 1.82) is 0 Å². The zero-order valence-electron chi connectivity index (χ0n) is 15.1. The molecule has 140 valence electrons. The molecule has 0 radical (unpaired) electrons. The molecule has 0 bridgehead atoms. The van der Waals surface area contributed by atoms with E-state index in [4.69, 9.17) is 0 Å². The monoisotopic (exact) mass is 459 g/mol. The van der Waals surface area contributed by atoms with Crippen LogP contribution in [0.1, 0.15) is 26.2 Å². The van der Waals surface area contributed by atoms with Gasteiger partial charge in [-0.3, -0.25) is 9.79 Å². The standard InChI is InChI=1S/C18H29N5O.HI/c1-3-17(24)23-13-10-16(14-23)22-18(19-2)21-12-7-11-20-15-8-5-4-6-9-15;/h4-6,8-9,16,20H,3,7,10-14H2,1-2H3,(H2,19,21,22);1H. The molecule has 0 saturated carbocycles. The third-order valence-corrected chi connectivity index (χ3v) is 4.16. The lowest BCUT2D eigenvalue weighted by Crippen LogP contribution is -2.45. The lowest BCUT2D eigenvalue weighted by atomic mass is 10.3. The molecule has 1 heterocycles. The van der Waals surface area contributed by atoms with Crippen LogP contribution in [0.5, 0.6) is 0 Å². The summed E-state index contributed by atoms with van der Waals surface area (Å²) in [6.07, 6.45) is 2.55. The lowest BCUT2D eigenvalue weighted by Gasteiger charge is -2.18. The Kier molecular flexibility index (Phi) is 10.3. The second-order valence-corrected chi connectivity index (χ2v) is 5.97. The minimum atomic E-state index is 0. The van der Waals surface area contributed by atoms with Crippen molar-refractivity contribution in [2.24, 2.45) is 4.99 Å². The summed E-state index contributed by atoms with van der Waals surface area (Å²) in [7, 11) is 1.78. The first-order valence-corrected chi connectivity index (χ1v) is 8.76. The highest BCUT2D eigenvalue weighted by atomic mass is 127. The van der Waals surface area contributed by atoms with Crippen LogP contribution in [0, 0.1) is 0 Å². The first-order chi connectivity index (χ1) is 11.7. The van der Waals surface area contributed by atoms with E-state index in [9.17, 15) is 4.79 Å². The van der Waals surface area contributed by atoms with Crippen LogP contribution < -0.4 is 16.0 Å². The van der Waals surface area contributed by atoms with Crippen molar-refractivity contribution >= 4 is 41.5 Å². The second-order valence-electron chi connectivity index (χ2n) is 5.97. The van der Waals surface area contributed by atoms with Gasteiger partial charge in [-0.2, -0.15) is 0 Å². The average molecular weight is 459 g/mol. The predicted octanol–water partition coefficient (Wildman–Crippen LogP) is 2.28. The van der Waals surface area contributed by atoms with Crippen molar-refractivity contribution < 1.29 is 4.79 Å². The van der Waals surface area contributed by atoms with Gasteiger partial charge in [0.1, 0.15) is 0 Å². The summed E-state index contributed by atoms with van der Waals surface area (Å²) in [6.45, 7) is 5.28. The van der Waals surface area contributed by atoms with Crippen molar-refractivity contribution in [3.05, 3.63) is 30.3 Å². The number of halogens is 1. The number of nitrogens with one attached hydrogen (secondary N) is 3. The number of nitrogens with zero attached hydrogens (tertiary/aromatic N) is 2. The summed E-state index contributed by atoms with van der Waals surface area (Å²) < 4.78 is 0. The number of amides is 1. The molecule has 1 unspecified atom stereocenters. The molecule has 1 aliphatic heterocycles. The zero-order valence-corrected chi connectivity index (χ0v) is 17.5. The normalized spacial score (nSPS) is 17.0. The molecule has 1 aromatic rings. The van der Waals surface area contributed by atoms with Gasteiger partial charge in [-0.15, -0.1) is 24.0 Å². The van der Waals surface area contributed by atoms with Crippen LogP contribution >= 0.6 is 24.0 Å². The summed E-state index contributed by atoms with van der Waals surface area (Å²) in [6, 6.07) is 10.5. The molecule has 1 atom stereocenters. The van der Waals surface area contributed by atoms with Gasteiger partial charge in [0.05, 0.1) is 0 Å². The summed E-state index contributed by atoms with van der Waals surface area (Å²) in [5.74, 6) is 1.04. The van der Waals surface area contributed by atoms with Crippen LogP contribution in [0.15, 0.2) is 35.3 Å². The van der Waals surface area contributed by atoms with E-state index in [2.05, 4.69) is 33.1 Å². The van der Waals surface area contributed by atoms with Gasteiger partial charge in [-0.25, -0.2) is 0 Å². The van der Waals surface area contributed by atoms with Crippen molar-refractivity contribution in [2.75, 3.05) is 38.5 Å². The van der Waals surface area contributed by atoms with E-state index < -0.39 is 0 Å². The van der Waals surface area contributed by atoms with Gasteiger partial charge in [0.25, 0.3) is 0 Å². The predicted molar refractivity (Wildman–Crippen MR) is 115 cm³/mol. The molecular weight excluding hydrogens is 429 g/mol. The Bertz CT molecular complexity index is 538. The smallest absolute Gasteiger partial charge is 0.222 e. The molecule has 3 N–H and O–H groups in total. The SMILES string of the molecule is CCC(=O)N1CCC(NC(=NC)NCCCNc2ccccc2)C1.I. The first-order valence-electron chi connectivity index (χ1n) is 8.76. The Morgan fingerprint density at radius 2 is 2.04 bits per heavy atom. The molecule has 2 rings (SSSR count). The molecule has 1 saturated heterocycles. The van der Waals surface area contributed by atoms with Crippen molar-refractivity contribution in [2.45, 2.75) is 32.2 Å². The van der Waals surface area contributed by atoms with E-state index in [0.29, 0.717) is 6.42 Å². The number of hydrogen-bond donors (Lipinski definition) is 3. The van der Waals surface area contributed by atoms with Gasteiger partial charge in [0.15, 0.2) is 5.96 Å². The number of aliphatic imine (C=N–C) groups is 1. The molecule has 1 fully saturated rings. The maximum Gasteiger partial charge on any atom is 0.222 e. The van der Waals surface area contributed by atoms with Gasteiger partial charge in [-0.1, -0.05) is 25.1 Å². The molecule has 1 aliphatic rings. The number of para-hydroxylation sites is 1. The number of anilines is 1. The van der Waals surface area contributed by atoms with Gasteiger partial charge in [-0.05, 0) is 25.0 Å². The van der Waals surface area contributed by atoms with Crippen LogP contribution in [0.3, 0.4) is 0 Å². The summed E-state index contributed by atoms with van der Waals surface area (Å²) in [5, 5.41) is 10.1. The highest BCUT2D eigenvalue weighted by Gasteiger charge is 2.25. The van der Waals surface area contributed by atoms with Crippen LogP contribution in [0.4, 0.5) is 5.69 Å². The Balaban J connectivity index is 0.00000312. The molecule has 0 aliphatic carbocycles. The lowest BCUT2D eigenvalue weighted by molar-refractivity contribution is -0.129. The fraction of sp³-hybridized carbons (Fsp3) is 0.556. The van der Waals surface area contributed by atoms with E-state index in [-0.39, 0.29) is 35.9 Å². The largest absolute Gasteiger partial charge is 0.385 e. The van der Waals surface area contributed by atoms with Crippen LogP contribution in [0.25, 0.3) is 0 Å². The Hall–Kier alpha value is -1.51. The molecule has 0 aromatic heterocycles. The summed E-state index contributed by atoms with van der Waals surface area (Å²) >= 11 is 0. The van der Waals surface area contributed by atoms with Crippen LogP contribution in [-0.4, -0.2) is 56.0 Å². The molecule has 0 spiro atoms. The Labute approximate surface area is 167 Å². The van der Waals surface area contributed by atoms with Crippen LogP contribution in [0.2, 0.25) is 0 Å². The van der Waals surface area contributed by atoms with Crippen molar-refractivity contribution in [3.63, 3.8) is 0 Å². The number of rotatable bonds is 7. The number of likely N-dealkylation sites (tertiary alicyclic amines) is 1. The maximum atomic E-state index is 11.7. The third kappa shape index (κ3) is 7.50. The first kappa shape index (κ1) is 21.5. The van der Waals surface area contributed by atoms with E-state index in [1.807, 2.05) is 30.0 Å². The highest BCUT2D eigenvalue weighted by molar-refractivity contribution is 14.0. The minimum absolute atomic E-state index is 0. The van der Waals surface area contributed by atoms with E-state index in [1.54, 1.807) is 7.05 Å². The van der Waals surface area contributed by atoms with Gasteiger partial charge in [0.2, 0.25) is 5.91 Å². The average Bonchev–Trinajstić information content (AvgIpc) is 3.09. The minimum Gasteiger partial charge on any atom is -0.385 e. The Morgan fingerprint density at radius 1 is 1.28 bits per heavy atom. The number of carbonyl (C=O) groups is 1. The fourth-order valence-corrected chi connectivity index (χ4v) is 2.80. The number of hydrogen-bond acceptors (Lipinski definition) is 3. The van der Waals surface area contributed by atoms with E-state index >= 15 is 0 Å². The molecule has 6 nitrogen and oxygen atoms in total. The van der Waals surface area contributed by atoms with Crippen molar-refractivity contribution in [3.8, 4) is 0 Å². The maximum absolute atomic E-state index is 11.7. The van der Waals surface area contributed by atoms with E-state index in [0.717, 1.165) is 50.7 Å². The highest BCUT2D eigenvalue weighted by Crippen LogP contribution is 2.10. The van der Waals surface area contributed by atoms with E-state index in [1.165, 1.54) is 0 Å². The molecular formula is C18H30IN5O. The van der Waals surface area contributed by atoms with Crippen LogP contribution in [-0.2, 0) is 4.79 Å². The quantitative estimate of drug-likeness (QED) is 0.253. The zero-order chi connectivity index (χ0) is 17.2. The topological polar surface area (TPSA) is 68.8 Å². The van der Waals surface area contributed by atoms with Gasteiger partial charge in [0, 0.05) is 51.4 Å². The molecule has 25 heavy (non-hydrogen) atoms. The number of guanidine groups is 1. The number of carbonyl (C=O) groups excluding carboxylic acids is 1. The summed E-state index contributed by atoms with van der Waals surface area (Å²) in [5.41, 5.74) is 1.15. The fourth-order valence-electron chi connectivity index (χ4n) is 2.80. The second kappa shape index (κ2) is 11.9.